The lowest BCUT2D eigenvalue weighted by Gasteiger charge is -2.09. The molecule has 0 fully saturated rings. The number of rotatable bonds is 3. The third kappa shape index (κ3) is 2.97. The standard InChI is InChI=1S/C15H14Cl2N2O2S/c1-7-11(14(18)22-13(7)15(21)19(2)3)12(20)8-4-5-9(16)10(17)6-8/h4-6H,18H2,1-3H3. The van der Waals surface area contributed by atoms with Crippen molar-refractivity contribution in [1.29, 1.82) is 0 Å². The average Bonchev–Trinajstić information content (AvgIpc) is 2.75. The number of nitrogens with two attached hydrogens (primary N) is 1. The Morgan fingerprint density at radius 2 is 1.82 bits per heavy atom. The lowest BCUT2D eigenvalue weighted by Crippen LogP contribution is -2.21. The van der Waals surface area contributed by atoms with Crippen molar-refractivity contribution < 1.29 is 9.59 Å². The number of halogens is 2. The number of benzene rings is 1. The fourth-order valence-electron chi connectivity index (χ4n) is 2.01. The van der Waals surface area contributed by atoms with Gasteiger partial charge in [-0.05, 0) is 30.7 Å². The summed E-state index contributed by atoms with van der Waals surface area (Å²) in [7, 11) is 3.30. The summed E-state index contributed by atoms with van der Waals surface area (Å²) < 4.78 is 0. The van der Waals surface area contributed by atoms with Crippen molar-refractivity contribution in [2.45, 2.75) is 6.92 Å². The van der Waals surface area contributed by atoms with E-state index >= 15 is 0 Å². The van der Waals surface area contributed by atoms with Gasteiger partial charge in [0.05, 0.1) is 25.5 Å². The van der Waals surface area contributed by atoms with E-state index in [9.17, 15) is 9.59 Å². The van der Waals surface area contributed by atoms with Gasteiger partial charge in [0.25, 0.3) is 5.91 Å². The number of carbonyl (C=O) groups excluding carboxylic acids is 2. The van der Waals surface area contributed by atoms with Crippen LogP contribution < -0.4 is 5.73 Å². The Labute approximate surface area is 142 Å². The first-order chi connectivity index (χ1) is 10.2. The topological polar surface area (TPSA) is 63.4 Å². The van der Waals surface area contributed by atoms with Gasteiger partial charge >= 0.3 is 0 Å². The summed E-state index contributed by atoms with van der Waals surface area (Å²) in [4.78, 5) is 26.7. The van der Waals surface area contributed by atoms with Gasteiger partial charge in [-0.3, -0.25) is 9.59 Å². The van der Waals surface area contributed by atoms with Crippen LogP contribution in [0.3, 0.4) is 0 Å². The van der Waals surface area contributed by atoms with E-state index in [0.29, 0.717) is 36.6 Å². The Morgan fingerprint density at radius 1 is 1.18 bits per heavy atom. The molecular weight excluding hydrogens is 343 g/mol. The Morgan fingerprint density at radius 3 is 2.36 bits per heavy atom. The quantitative estimate of drug-likeness (QED) is 0.848. The highest BCUT2D eigenvalue weighted by Crippen LogP contribution is 2.34. The molecule has 0 radical (unpaired) electrons. The van der Waals surface area contributed by atoms with E-state index in [1.807, 2.05) is 0 Å². The minimum atomic E-state index is -0.275. The SMILES string of the molecule is Cc1c(C(=O)N(C)C)sc(N)c1C(=O)c1ccc(Cl)c(Cl)c1. The van der Waals surface area contributed by atoms with Crippen LogP contribution >= 0.6 is 34.5 Å². The molecule has 2 N–H and O–H groups in total. The Kier molecular flexibility index (Phi) is 4.80. The van der Waals surface area contributed by atoms with Crippen LogP contribution in [0.25, 0.3) is 0 Å². The molecule has 4 nitrogen and oxygen atoms in total. The maximum atomic E-state index is 12.7. The Balaban J connectivity index is 2.50. The zero-order chi connectivity index (χ0) is 16.6. The maximum absolute atomic E-state index is 12.7. The fourth-order valence-corrected chi connectivity index (χ4v) is 3.40. The molecule has 0 bridgehead atoms. The van der Waals surface area contributed by atoms with Gasteiger partial charge in [0, 0.05) is 19.7 Å². The number of nitrogens with zero attached hydrogens (tertiary/aromatic N) is 1. The number of carbonyl (C=O) groups is 2. The lowest BCUT2D eigenvalue weighted by atomic mass is 10.0. The summed E-state index contributed by atoms with van der Waals surface area (Å²) in [6.07, 6.45) is 0. The highest BCUT2D eigenvalue weighted by molar-refractivity contribution is 7.18. The number of amides is 1. The zero-order valence-corrected chi connectivity index (χ0v) is 14.6. The van der Waals surface area contributed by atoms with Crippen LogP contribution in [-0.2, 0) is 0 Å². The molecule has 2 rings (SSSR count). The van der Waals surface area contributed by atoms with Crippen molar-refractivity contribution in [2.24, 2.45) is 0 Å². The van der Waals surface area contributed by atoms with E-state index in [1.165, 1.54) is 11.0 Å². The third-order valence-corrected chi connectivity index (χ3v) is 5.03. The molecule has 1 heterocycles. The smallest absolute Gasteiger partial charge is 0.263 e. The maximum Gasteiger partial charge on any atom is 0.263 e. The van der Waals surface area contributed by atoms with Crippen molar-refractivity contribution in [3.05, 3.63) is 49.8 Å². The van der Waals surface area contributed by atoms with E-state index in [0.717, 1.165) is 11.3 Å². The molecule has 22 heavy (non-hydrogen) atoms. The van der Waals surface area contributed by atoms with Crippen LogP contribution in [-0.4, -0.2) is 30.7 Å². The van der Waals surface area contributed by atoms with Crippen LogP contribution in [0.5, 0.6) is 0 Å². The van der Waals surface area contributed by atoms with E-state index < -0.39 is 0 Å². The molecule has 0 unspecified atom stereocenters. The predicted octanol–water partition coefficient (Wildman–Crippen LogP) is 3.88. The lowest BCUT2D eigenvalue weighted by molar-refractivity contribution is 0.0831. The molecule has 0 saturated carbocycles. The molecule has 116 valence electrons. The first-order valence-corrected chi connectivity index (χ1v) is 7.91. The summed E-state index contributed by atoms with van der Waals surface area (Å²) in [6.45, 7) is 1.72. The second kappa shape index (κ2) is 6.28. The summed E-state index contributed by atoms with van der Waals surface area (Å²) in [5, 5.41) is 0.985. The van der Waals surface area contributed by atoms with Crippen LogP contribution in [0.4, 0.5) is 5.00 Å². The van der Waals surface area contributed by atoms with Crippen molar-refractivity contribution in [3.8, 4) is 0 Å². The van der Waals surface area contributed by atoms with Crippen molar-refractivity contribution in [2.75, 3.05) is 19.8 Å². The van der Waals surface area contributed by atoms with Gasteiger partial charge in [-0.15, -0.1) is 11.3 Å². The number of nitrogen functional groups attached to an aromatic ring is 1. The average molecular weight is 357 g/mol. The van der Waals surface area contributed by atoms with Crippen molar-refractivity contribution in [3.63, 3.8) is 0 Å². The molecule has 1 aromatic heterocycles. The molecule has 1 aromatic carbocycles. The molecule has 0 saturated heterocycles. The number of hydrogen-bond acceptors (Lipinski definition) is 4. The van der Waals surface area contributed by atoms with Gasteiger partial charge in [-0.2, -0.15) is 0 Å². The number of thiophene rings is 1. The molecule has 0 aliphatic heterocycles. The van der Waals surface area contributed by atoms with Gasteiger partial charge in [-0.1, -0.05) is 23.2 Å². The number of hydrogen-bond donors (Lipinski definition) is 1. The highest BCUT2D eigenvalue weighted by atomic mass is 35.5. The first kappa shape index (κ1) is 16.8. The van der Waals surface area contributed by atoms with Gasteiger partial charge in [0.2, 0.25) is 0 Å². The van der Waals surface area contributed by atoms with Crippen LogP contribution in [0.1, 0.15) is 31.2 Å². The van der Waals surface area contributed by atoms with Gasteiger partial charge in [0.15, 0.2) is 5.78 Å². The molecule has 0 aliphatic carbocycles. The molecular formula is C15H14Cl2N2O2S. The second-order valence-electron chi connectivity index (χ2n) is 4.95. The molecule has 0 atom stereocenters. The number of anilines is 1. The second-order valence-corrected chi connectivity index (χ2v) is 6.82. The predicted molar refractivity (Wildman–Crippen MR) is 91.4 cm³/mol. The monoisotopic (exact) mass is 356 g/mol. The summed E-state index contributed by atoms with van der Waals surface area (Å²) >= 11 is 12.9. The van der Waals surface area contributed by atoms with Gasteiger partial charge in [0.1, 0.15) is 0 Å². The van der Waals surface area contributed by atoms with Crippen LogP contribution in [0.15, 0.2) is 18.2 Å². The zero-order valence-electron chi connectivity index (χ0n) is 12.2. The summed E-state index contributed by atoms with van der Waals surface area (Å²) in [5.74, 6) is -0.454. The fraction of sp³-hybridized carbons (Fsp3) is 0.200. The largest absolute Gasteiger partial charge is 0.390 e. The van der Waals surface area contributed by atoms with Crippen molar-refractivity contribution >= 4 is 51.2 Å². The first-order valence-electron chi connectivity index (χ1n) is 6.34. The Hall–Kier alpha value is -1.56. The minimum absolute atomic E-state index is 0.178. The van der Waals surface area contributed by atoms with Gasteiger partial charge in [-0.25, -0.2) is 0 Å². The normalized spacial score (nSPS) is 10.6. The van der Waals surface area contributed by atoms with E-state index in [4.69, 9.17) is 28.9 Å². The van der Waals surface area contributed by atoms with E-state index in [-0.39, 0.29) is 11.7 Å². The Bertz CT molecular complexity index is 769. The molecule has 2 aromatic rings. The van der Waals surface area contributed by atoms with Crippen molar-refractivity contribution in [1.82, 2.24) is 4.90 Å². The summed E-state index contributed by atoms with van der Waals surface area (Å²) in [6, 6.07) is 4.64. The third-order valence-electron chi connectivity index (χ3n) is 3.18. The molecule has 1 amide bonds. The van der Waals surface area contributed by atoms with E-state index in [2.05, 4.69) is 0 Å². The molecule has 0 aliphatic rings. The van der Waals surface area contributed by atoms with E-state index in [1.54, 1.807) is 33.2 Å². The van der Waals surface area contributed by atoms with Gasteiger partial charge < -0.3 is 10.6 Å². The van der Waals surface area contributed by atoms with Crippen LogP contribution in [0.2, 0.25) is 10.0 Å². The number of ketones is 1. The molecule has 7 heteroatoms. The minimum Gasteiger partial charge on any atom is -0.390 e. The summed E-state index contributed by atoms with van der Waals surface area (Å²) in [5.41, 5.74) is 7.26. The van der Waals surface area contributed by atoms with Crippen LogP contribution in [0, 0.1) is 6.92 Å². The highest BCUT2D eigenvalue weighted by Gasteiger charge is 2.25. The molecule has 0 spiro atoms.